The summed E-state index contributed by atoms with van der Waals surface area (Å²) >= 11 is 0. The average Bonchev–Trinajstić information content (AvgIpc) is 2.39. The molecule has 0 saturated heterocycles. The van der Waals surface area contributed by atoms with Crippen LogP contribution in [0.15, 0.2) is 12.1 Å². The van der Waals surface area contributed by atoms with Gasteiger partial charge in [0, 0.05) is 5.56 Å². The largest absolute Gasteiger partial charge is 0.507 e. The number of halogens is 3. The van der Waals surface area contributed by atoms with Crippen molar-refractivity contribution >= 4 is 24.3 Å². The van der Waals surface area contributed by atoms with E-state index in [0.29, 0.717) is 12.1 Å². The SMILES string of the molecule is CCOC(=O)C(F)[C@@H](N)c1cc(F)cc(C(=O)O)c1O.Cl. The topological polar surface area (TPSA) is 110 Å². The molecule has 2 atom stereocenters. The maximum atomic E-state index is 13.7. The maximum Gasteiger partial charge on any atom is 0.342 e. The second kappa shape index (κ2) is 7.75. The van der Waals surface area contributed by atoms with Crippen molar-refractivity contribution in [3.63, 3.8) is 0 Å². The number of aromatic hydroxyl groups is 1. The van der Waals surface area contributed by atoms with Crippen molar-refractivity contribution in [3.8, 4) is 5.75 Å². The van der Waals surface area contributed by atoms with Gasteiger partial charge in [-0.15, -0.1) is 12.4 Å². The van der Waals surface area contributed by atoms with Crippen LogP contribution in [0, 0.1) is 5.82 Å². The minimum Gasteiger partial charge on any atom is -0.507 e. The third-order valence-corrected chi connectivity index (χ3v) is 2.52. The first kappa shape index (κ1) is 19.1. The average molecular weight is 326 g/mol. The van der Waals surface area contributed by atoms with Crippen LogP contribution in [0.1, 0.15) is 28.9 Å². The highest BCUT2D eigenvalue weighted by Crippen LogP contribution is 2.31. The predicted octanol–water partition coefficient (Wildman–Crippen LogP) is 1.55. The molecule has 0 aliphatic carbocycles. The van der Waals surface area contributed by atoms with E-state index in [0.717, 1.165) is 0 Å². The monoisotopic (exact) mass is 325 g/mol. The van der Waals surface area contributed by atoms with E-state index in [2.05, 4.69) is 4.74 Å². The number of carboxylic acid groups (broad SMARTS) is 1. The Bertz CT molecular complexity index is 541. The summed E-state index contributed by atoms with van der Waals surface area (Å²) in [6, 6.07) is -0.521. The van der Waals surface area contributed by atoms with Gasteiger partial charge in [0.15, 0.2) is 0 Å². The van der Waals surface area contributed by atoms with Crippen molar-refractivity contribution in [2.24, 2.45) is 5.73 Å². The molecule has 6 nitrogen and oxygen atoms in total. The lowest BCUT2D eigenvalue weighted by atomic mass is 9.99. The lowest BCUT2D eigenvalue weighted by molar-refractivity contribution is -0.149. The molecule has 0 bridgehead atoms. The Kier molecular flexibility index (Phi) is 7.04. The van der Waals surface area contributed by atoms with Crippen molar-refractivity contribution in [3.05, 3.63) is 29.1 Å². The van der Waals surface area contributed by atoms with Crippen molar-refractivity contribution in [2.75, 3.05) is 6.61 Å². The quantitative estimate of drug-likeness (QED) is 0.709. The summed E-state index contributed by atoms with van der Waals surface area (Å²) < 4.78 is 31.4. The van der Waals surface area contributed by atoms with Gasteiger partial charge in [-0.2, -0.15) is 0 Å². The van der Waals surface area contributed by atoms with Gasteiger partial charge in [-0.1, -0.05) is 0 Å². The summed E-state index contributed by atoms with van der Waals surface area (Å²) in [5.41, 5.74) is 4.12. The molecule has 1 unspecified atom stereocenters. The molecular formula is C12H14ClF2NO5. The molecule has 0 amide bonds. The lowest BCUT2D eigenvalue weighted by Crippen LogP contribution is -2.31. The molecule has 0 radical (unpaired) electrons. The Hall–Kier alpha value is -1.93. The first-order valence-electron chi connectivity index (χ1n) is 5.61. The van der Waals surface area contributed by atoms with E-state index in [4.69, 9.17) is 10.8 Å². The van der Waals surface area contributed by atoms with Crippen LogP contribution in [-0.4, -0.2) is 34.9 Å². The van der Waals surface area contributed by atoms with Gasteiger partial charge in [-0.25, -0.2) is 18.4 Å². The molecule has 21 heavy (non-hydrogen) atoms. The van der Waals surface area contributed by atoms with Gasteiger partial charge in [-0.3, -0.25) is 0 Å². The third kappa shape index (κ3) is 4.27. The highest BCUT2D eigenvalue weighted by atomic mass is 35.5. The lowest BCUT2D eigenvalue weighted by Gasteiger charge is -2.18. The number of aromatic carboxylic acids is 1. The van der Waals surface area contributed by atoms with Gasteiger partial charge in [0.1, 0.15) is 17.1 Å². The van der Waals surface area contributed by atoms with Crippen molar-refractivity contribution in [1.29, 1.82) is 0 Å². The molecule has 1 aromatic carbocycles. The number of nitrogens with two attached hydrogens (primary N) is 1. The number of carbonyl (C=O) groups excluding carboxylic acids is 1. The fourth-order valence-corrected chi connectivity index (χ4v) is 1.56. The summed E-state index contributed by atoms with van der Waals surface area (Å²) in [6.07, 6.45) is -2.36. The molecule has 1 aromatic rings. The first-order chi connectivity index (χ1) is 9.29. The number of phenols is 1. The van der Waals surface area contributed by atoms with Crippen LogP contribution < -0.4 is 5.73 Å². The molecular weight excluding hydrogens is 312 g/mol. The van der Waals surface area contributed by atoms with E-state index in [1.165, 1.54) is 6.92 Å². The number of ether oxygens (including phenoxy) is 1. The number of alkyl halides is 1. The summed E-state index contributed by atoms with van der Waals surface area (Å²) in [6.45, 7) is 1.37. The normalized spacial score (nSPS) is 13.0. The molecule has 0 spiro atoms. The fourth-order valence-electron chi connectivity index (χ4n) is 1.56. The Morgan fingerprint density at radius 1 is 1.43 bits per heavy atom. The van der Waals surface area contributed by atoms with Crippen molar-refractivity contribution < 1.29 is 33.3 Å². The minimum absolute atomic E-state index is 0. The van der Waals surface area contributed by atoms with Crippen LogP contribution in [0.25, 0.3) is 0 Å². The van der Waals surface area contributed by atoms with Crippen LogP contribution >= 0.6 is 12.4 Å². The van der Waals surface area contributed by atoms with E-state index < -0.39 is 46.8 Å². The minimum atomic E-state index is -2.36. The van der Waals surface area contributed by atoms with E-state index >= 15 is 0 Å². The first-order valence-corrected chi connectivity index (χ1v) is 5.61. The number of carboxylic acids is 1. The Labute approximate surface area is 124 Å². The smallest absolute Gasteiger partial charge is 0.342 e. The summed E-state index contributed by atoms with van der Waals surface area (Å²) in [4.78, 5) is 22.0. The molecule has 0 aliphatic heterocycles. The van der Waals surface area contributed by atoms with Crippen LogP contribution in [0.4, 0.5) is 8.78 Å². The number of benzene rings is 1. The zero-order valence-corrected chi connectivity index (χ0v) is 11.7. The molecule has 0 fully saturated rings. The van der Waals surface area contributed by atoms with E-state index in [1.54, 1.807) is 0 Å². The Morgan fingerprint density at radius 3 is 2.48 bits per heavy atom. The molecule has 0 saturated carbocycles. The Balaban J connectivity index is 0.00000400. The zero-order chi connectivity index (χ0) is 15.4. The number of carbonyl (C=O) groups is 2. The Morgan fingerprint density at radius 2 is 2.00 bits per heavy atom. The van der Waals surface area contributed by atoms with Gasteiger partial charge in [-0.05, 0) is 19.1 Å². The third-order valence-electron chi connectivity index (χ3n) is 2.52. The second-order valence-corrected chi connectivity index (χ2v) is 3.88. The van der Waals surface area contributed by atoms with Crippen LogP contribution in [-0.2, 0) is 9.53 Å². The molecule has 1 rings (SSSR count). The maximum absolute atomic E-state index is 13.7. The highest BCUT2D eigenvalue weighted by Gasteiger charge is 2.31. The summed E-state index contributed by atoms with van der Waals surface area (Å²) in [5, 5.41) is 18.4. The molecule has 118 valence electrons. The number of hydrogen-bond donors (Lipinski definition) is 3. The van der Waals surface area contributed by atoms with Crippen LogP contribution in [0.3, 0.4) is 0 Å². The predicted molar refractivity (Wildman–Crippen MR) is 70.7 cm³/mol. The van der Waals surface area contributed by atoms with Gasteiger partial charge in [0.2, 0.25) is 6.17 Å². The van der Waals surface area contributed by atoms with E-state index in [1.807, 2.05) is 0 Å². The number of esters is 1. The standard InChI is InChI=1S/C12H13F2NO5.ClH/c1-2-20-12(19)8(14)9(15)6-3-5(13)4-7(10(6)16)11(17)18;/h3-4,8-9,16H,2,15H2,1H3,(H,17,18);1H/t8?,9-;/m0./s1. The summed E-state index contributed by atoms with van der Waals surface area (Å²) in [5.74, 6) is -4.80. The molecule has 4 N–H and O–H groups in total. The van der Waals surface area contributed by atoms with Crippen molar-refractivity contribution in [1.82, 2.24) is 0 Å². The molecule has 9 heteroatoms. The molecule has 0 aliphatic rings. The van der Waals surface area contributed by atoms with Gasteiger partial charge < -0.3 is 20.7 Å². The highest BCUT2D eigenvalue weighted by molar-refractivity contribution is 5.91. The van der Waals surface area contributed by atoms with Gasteiger partial charge >= 0.3 is 11.9 Å². The molecule has 0 heterocycles. The van der Waals surface area contributed by atoms with E-state index in [9.17, 15) is 23.5 Å². The van der Waals surface area contributed by atoms with E-state index in [-0.39, 0.29) is 19.0 Å². The number of rotatable bonds is 5. The fraction of sp³-hybridized carbons (Fsp3) is 0.333. The molecule has 0 aromatic heterocycles. The van der Waals surface area contributed by atoms with Crippen LogP contribution in [0.2, 0.25) is 0 Å². The van der Waals surface area contributed by atoms with Crippen LogP contribution in [0.5, 0.6) is 5.75 Å². The van der Waals surface area contributed by atoms with Crippen molar-refractivity contribution in [2.45, 2.75) is 19.1 Å². The van der Waals surface area contributed by atoms with Gasteiger partial charge in [0.05, 0.1) is 12.6 Å². The second-order valence-electron chi connectivity index (χ2n) is 3.88. The van der Waals surface area contributed by atoms with Gasteiger partial charge in [0.25, 0.3) is 0 Å². The zero-order valence-electron chi connectivity index (χ0n) is 10.9. The summed E-state index contributed by atoms with van der Waals surface area (Å²) in [7, 11) is 0. The number of hydrogen-bond acceptors (Lipinski definition) is 5.